The first-order valence-electron chi connectivity index (χ1n) is 9.38. The lowest BCUT2D eigenvalue weighted by Gasteiger charge is -2.11. The predicted octanol–water partition coefficient (Wildman–Crippen LogP) is 4.00. The fourth-order valence-electron chi connectivity index (χ4n) is 2.60. The van der Waals surface area contributed by atoms with Gasteiger partial charge in [0.1, 0.15) is 10.8 Å². The van der Waals surface area contributed by atoms with Crippen LogP contribution < -0.4 is 15.4 Å². The van der Waals surface area contributed by atoms with E-state index in [-0.39, 0.29) is 28.7 Å². The van der Waals surface area contributed by atoms with E-state index in [9.17, 15) is 18.0 Å². The second-order valence-electron chi connectivity index (χ2n) is 6.41. The van der Waals surface area contributed by atoms with Gasteiger partial charge in [-0.2, -0.15) is 0 Å². The molecule has 0 radical (unpaired) electrons. The molecule has 0 aliphatic rings. The van der Waals surface area contributed by atoms with Crippen LogP contribution in [0.2, 0.25) is 0 Å². The molecular weight excluding hydrogens is 454 g/mol. The lowest BCUT2D eigenvalue weighted by atomic mass is 10.2. The number of ether oxygens (including phenoxy) is 2. The summed E-state index contributed by atoms with van der Waals surface area (Å²) in [7, 11) is -2.22. The summed E-state index contributed by atoms with van der Waals surface area (Å²) in [6.45, 7) is 0.400. The molecule has 1 aromatic heterocycles. The summed E-state index contributed by atoms with van der Waals surface area (Å²) in [5.41, 5.74) is 1.39. The summed E-state index contributed by atoms with van der Waals surface area (Å²) in [4.78, 5) is 24.4. The fourth-order valence-corrected chi connectivity index (χ4v) is 4.64. The van der Waals surface area contributed by atoms with Gasteiger partial charge < -0.3 is 14.8 Å². The standard InChI is InChI=1S/C21H21N3O6S2/c1-29-10-11-30-21(26)23-17-7-3-6-16(14-17)22-20(25)15-5-2-8-18(13-15)24-32(27,28)19-9-4-12-31-19/h2-9,12-14,24H,10-11H2,1H3,(H,22,25)(H,23,26). The highest BCUT2D eigenvalue weighted by Gasteiger charge is 2.16. The van der Waals surface area contributed by atoms with Crippen LogP contribution in [0.3, 0.4) is 0 Å². The van der Waals surface area contributed by atoms with E-state index >= 15 is 0 Å². The van der Waals surface area contributed by atoms with Crippen molar-refractivity contribution in [3.8, 4) is 0 Å². The number of hydrogen-bond donors (Lipinski definition) is 3. The Bertz CT molecular complexity index is 1180. The van der Waals surface area contributed by atoms with Crippen molar-refractivity contribution in [2.75, 3.05) is 35.7 Å². The Balaban J connectivity index is 1.65. The van der Waals surface area contributed by atoms with Crippen molar-refractivity contribution >= 4 is 50.4 Å². The van der Waals surface area contributed by atoms with Gasteiger partial charge in [0, 0.05) is 29.7 Å². The van der Waals surface area contributed by atoms with E-state index in [4.69, 9.17) is 9.47 Å². The van der Waals surface area contributed by atoms with Gasteiger partial charge in [-0.1, -0.05) is 18.2 Å². The molecule has 168 valence electrons. The molecule has 11 heteroatoms. The lowest BCUT2D eigenvalue weighted by molar-refractivity contribution is 0.102. The summed E-state index contributed by atoms with van der Waals surface area (Å²) in [5, 5.41) is 6.94. The summed E-state index contributed by atoms with van der Waals surface area (Å²) in [5.74, 6) is -0.443. The second kappa shape index (κ2) is 10.8. The molecule has 0 spiro atoms. The number of benzene rings is 2. The molecule has 0 unspecified atom stereocenters. The maximum Gasteiger partial charge on any atom is 0.411 e. The largest absolute Gasteiger partial charge is 0.447 e. The molecule has 0 fully saturated rings. The number of rotatable bonds is 9. The summed E-state index contributed by atoms with van der Waals surface area (Å²) >= 11 is 1.10. The normalized spacial score (nSPS) is 10.9. The summed E-state index contributed by atoms with van der Waals surface area (Å²) in [6, 6.07) is 15.8. The highest BCUT2D eigenvalue weighted by molar-refractivity contribution is 7.94. The van der Waals surface area contributed by atoms with Crippen LogP contribution >= 0.6 is 11.3 Å². The lowest BCUT2D eigenvalue weighted by Crippen LogP contribution is -2.17. The third-order valence-electron chi connectivity index (χ3n) is 4.02. The first kappa shape index (κ1) is 23.3. The van der Waals surface area contributed by atoms with Crippen LogP contribution in [0.25, 0.3) is 0 Å². The molecule has 3 rings (SSSR count). The van der Waals surface area contributed by atoms with Crippen molar-refractivity contribution in [2.45, 2.75) is 4.21 Å². The molecule has 0 bridgehead atoms. The van der Waals surface area contributed by atoms with Gasteiger partial charge in [-0.3, -0.25) is 14.8 Å². The number of carbonyl (C=O) groups excluding carboxylic acids is 2. The van der Waals surface area contributed by atoms with E-state index in [2.05, 4.69) is 15.4 Å². The van der Waals surface area contributed by atoms with Crippen LogP contribution in [0, 0.1) is 0 Å². The SMILES string of the molecule is COCCOC(=O)Nc1cccc(NC(=O)c2cccc(NS(=O)(=O)c3cccs3)c2)c1. The molecule has 3 aromatic rings. The average molecular weight is 476 g/mol. The van der Waals surface area contributed by atoms with Gasteiger partial charge in [0.2, 0.25) is 0 Å². The van der Waals surface area contributed by atoms with Gasteiger partial charge in [0.15, 0.2) is 0 Å². The molecule has 3 N–H and O–H groups in total. The van der Waals surface area contributed by atoms with Gasteiger partial charge in [-0.05, 0) is 47.8 Å². The number of carbonyl (C=O) groups is 2. The fraction of sp³-hybridized carbons (Fsp3) is 0.143. The second-order valence-corrected chi connectivity index (χ2v) is 9.26. The van der Waals surface area contributed by atoms with Crippen LogP contribution in [0.5, 0.6) is 0 Å². The van der Waals surface area contributed by atoms with E-state index < -0.39 is 22.0 Å². The number of hydrogen-bond acceptors (Lipinski definition) is 7. The van der Waals surface area contributed by atoms with Crippen molar-refractivity contribution in [1.29, 1.82) is 0 Å². The Kier molecular flexibility index (Phi) is 7.82. The Morgan fingerprint density at radius 1 is 0.906 bits per heavy atom. The minimum atomic E-state index is -3.72. The number of methoxy groups -OCH3 is 1. The monoisotopic (exact) mass is 475 g/mol. The average Bonchev–Trinajstić information content (AvgIpc) is 3.30. The highest BCUT2D eigenvalue weighted by Crippen LogP contribution is 2.22. The molecule has 0 aliphatic carbocycles. The van der Waals surface area contributed by atoms with Crippen LogP contribution in [-0.2, 0) is 19.5 Å². The molecule has 0 saturated heterocycles. The van der Waals surface area contributed by atoms with Crippen LogP contribution in [0.15, 0.2) is 70.3 Å². The smallest absolute Gasteiger partial charge is 0.411 e. The molecule has 0 saturated carbocycles. The van der Waals surface area contributed by atoms with Crippen molar-refractivity contribution in [3.63, 3.8) is 0 Å². The van der Waals surface area contributed by atoms with Gasteiger partial charge >= 0.3 is 6.09 Å². The molecule has 2 amide bonds. The maximum atomic E-state index is 12.7. The number of anilines is 3. The molecule has 1 heterocycles. The van der Waals surface area contributed by atoms with Crippen LogP contribution in [0.1, 0.15) is 10.4 Å². The number of amides is 2. The van der Waals surface area contributed by atoms with Crippen LogP contribution in [-0.4, -0.2) is 40.7 Å². The zero-order valence-corrected chi connectivity index (χ0v) is 18.7. The first-order valence-corrected chi connectivity index (χ1v) is 11.7. The molecule has 9 nitrogen and oxygen atoms in total. The summed E-state index contributed by atoms with van der Waals surface area (Å²) in [6.07, 6.45) is -0.642. The zero-order chi connectivity index (χ0) is 23.0. The Labute approximate surface area is 189 Å². The predicted molar refractivity (Wildman–Crippen MR) is 123 cm³/mol. The Morgan fingerprint density at radius 3 is 2.34 bits per heavy atom. The third-order valence-corrected chi connectivity index (χ3v) is 6.80. The van der Waals surface area contributed by atoms with E-state index in [1.807, 2.05) is 0 Å². The molecule has 0 atom stereocenters. The number of thiophene rings is 1. The van der Waals surface area contributed by atoms with E-state index in [0.717, 1.165) is 11.3 Å². The van der Waals surface area contributed by atoms with E-state index in [0.29, 0.717) is 11.4 Å². The van der Waals surface area contributed by atoms with Crippen molar-refractivity contribution in [2.24, 2.45) is 0 Å². The Morgan fingerprint density at radius 2 is 1.62 bits per heavy atom. The minimum Gasteiger partial charge on any atom is -0.447 e. The summed E-state index contributed by atoms with van der Waals surface area (Å²) < 4.78 is 37.2. The molecular formula is C21H21N3O6S2. The van der Waals surface area contributed by atoms with Gasteiger partial charge in [0.05, 0.1) is 6.61 Å². The quantitative estimate of drug-likeness (QED) is 0.402. The molecule has 32 heavy (non-hydrogen) atoms. The number of nitrogens with one attached hydrogen (secondary N) is 3. The van der Waals surface area contributed by atoms with Crippen molar-refractivity contribution < 1.29 is 27.5 Å². The van der Waals surface area contributed by atoms with Gasteiger partial charge in [-0.15, -0.1) is 11.3 Å². The highest BCUT2D eigenvalue weighted by atomic mass is 32.2. The van der Waals surface area contributed by atoms with Gasteiger partial charge in [0.25, 0.3) is 15.9 Å². The zero-order valence-electron chi connectivity index (χ0n) is 17.0. The van der Waals surface area contributed by atoms with Crippen molar-refractivity contribution in [1.82, 2.24) is 0 Å². The Hall–Kier alpha value is -3.41. The first-order chi connectivity index (χ1) is 15.4. The maximum absolute atomic E-state index is 12.7. The van der Waals surface area contributed by atoms with Crippen molar-refractivity contribution in [3.05, 3.63) is 71.6 Å². The minimum absolute atomic E-state index is 0.116. The van der Waals surface area contributed by atoms with E-state index in [1.54, 1.807) is 53.9 Å². The van der Waals surface area contributed by atoms with E-state index in [1.165, 1.54) is 19.2 Å². The third kappa shape index (κ3) is 6.54. The van der Waals surface area contributed by atoms with Gasteiger partial charge in [-0.25, -0.2) is 13.2 Å². The number of sulfonamides is 1. The topological polar surface area (TPSA) is 123 Å². The molecule has 0 aliphatic heterocycles. The molecule has 2 aromatic carbocycles. The van der Waals surface area contributed by atoms with Crippen LogP contribution in [0.4, 0.5) is 21.9 Å².